The second-order valence-electron chi connectivity index (χ2n) is 3.80. The number of primary amides is 1. The van der Waals surface area contributed by atoms with Gasteiger partial charge in [0, 0.05) is 0 Å². The molecule has 0 atom stereocenters. The number of anilines is 1. The number of nitrogens with two attached hydrogens (primary N) is 1. The largest absolute Gasteiger partial charge is 0.480 e. The van der Waals surface area contributed by atoms with Gasteiger partial charge < -0.3 is 10.8 Å². The van der Waals surface area contributed by atoms with Gasteiger partial charge in [0.05, 0.1) is 5.69 Å². The quantitative estimate of drug-likeness (QED) is 0.674. The standard InChI is InChI=1S/C11H15N3O3/c1-7-3-8(2)5-9(4-7)14(6-10(15)16)13-11(12)17/h3-5H,6H2,1-2H3,(H,15,16)(H3,12,13,17). The van der Waals surface area contributed by atoms with Gasteiger partial charge in [-0.25, -0.2) is 10.2 Å². The van der Waals surface area contributed by atoms with E-state index in [0.717, 1.165) is 11.1 Å². The van der Waals surface area contributed by atoms with Crippen LogP contribution in [0.2, 0.25) is 0 Å². The molecule has 0 bridgehead atoms. The first kappa shape index (κ1) is 12.8. The van der Waals surface area contributed by atoms with Crippen molar-refractivity contribution in [2.75, 3.05) is 11.6 Å². The van der Waals surface area contributed by atoms with E-state index in [0.29, 0.717) is 5.69 Å². The summed E-state index contributed by atoms with van der Waals surface area (Å²) in [6.45, 7) is 3.42. The molecule has 0 spiro atoms. The van der Waals surface area contributed by atoms with E-state index in [4.69, 9.17) is 10.8 Å². The van der Waals surface area contributed by atoms with Crippen LogP contribution >= 0.6 is 0 Å². The average molecular weight is 237 g/mol. The minimum Gasteiger partial charge on any atom is -0.480 e. The Labute approximate surface area is 99.0 Å². The Morgan fingerprint density at radius 1 is 1.29 bits per heavy atom. The van der Waals surface area contributed by atoms with Gasteiger partial charge in [0.25, 0.3) is 0 Å². The summed E-state index contributed by atoms with van der Waals surface area (Å²) in [5.41, 5.74) is 9.81. The Balaban J connectivity index is 3.02. The van der Waals surface area contributed by atoms with Gasteiger partial charge in [-0.05, 0) is 37.1 Å². The van der Waals surface area contributed by atoms with E-state index in [9.17, 15) is 9.59 Å². The summed E-state index contributed by atoms with van der Waals surface area (Å²) in [6.07, 6.45) is 0. The number of nitrogens with zero attached hydrogens (tertiary/aromatic N) is 1. The molecule has 17 heavy (non-hydrogen) atoms. The van der Waals surface area contributed by atoms with E-state index in [2.05, 4.69) is 5.43 Å². The third kappa shape index (κ3) is 4.02. The maximum absolute atomic E-state index is 10.8. The van der Waals surface area contributed by atoms with Gasteiger partial charge in [-0.3, -0.25) is 9.80 Å². The summed E-state index contributed by atoms with van der Waals surface area (Å²) in [5.74, 6) is -1.06. The zero-order valence-corrected chi connectivity index (χ0v) is 9.73. The Morgan fingerprint density at radius 3 is 2.24 bits per heavy atom. The van der Waals surface area contributed by atoms with Crippen LogP contribution in [0.15, 0.2) is 18.2 Å². The Bertz CT molecular complexity index is 409. The number of nitrogens with one attached hydrogen (secondary N) is 1. The van der Waals surface area contributed by atoms with Crippen molar-refractivity contribution in [2.45, 2.75) is 13.8 Å². The molecule has 0 saturated heterocycles. The summed E-state index contributed by atoms with van der Waals surface area (Å²) < 4.78 is 0. The van der Waals surface area contributed by atoms with E-state index in [1.54, 1.807) is 12.1 Å². The van der Waals surface area contributed by atoms with Gasteiger partial charge in [-0.2, -0.15) is 0 Å². The first-order valence-corrected chi connectivity index (χ1v) is 5.02. The van der Waals surface area contributed by atoms with E-state index in [1.165, 1.54) is 5.01 Å². The summed E-state index contributed by atoms with van der Waals surface area (Å²) in [4.78, 5) is 21.5. The van der Waals surface area contributed by atoms with Crippen molar-refractivity contribution in [2.24, 2.45) is 5.73 Å². The predicted molar refractivity (Wildman–Crippen MR) is 63.6 cm³/mol. The molecule has 0 aliphatic heterocycles. The zero-order chi connectivity index (χ0) is 13.0. The molecule has 1 aromatic rings. The highest BCUT2D eigenvalue weighted by atomic mass is 16.4. The minimum absolute atomic E-state index is 0.355. The van der Waals surface area contributed by atoms with Crippen LogP contribution in [0.25, 0.3) is 0 Å². The number of hydrazine groups is 1. The number of benzene rings is 1. The van der Waals surface area contributed by atoms with Crippen LogP contribution < -0.4 is 16.2 Å². The van der Waals surface area contributed by atoms with Crippen LogP contribution in [-0.2, 0) is 4.79 Å². The molecule has 4 N–H and O–H groups in total. The molecular formula is C11H15N3O3. The van der Waals surface area contributed by atoms with Crippen molar-refractivity contribution >= 4 is 17.7 Å². The topological polar surface area (TPSA) is 95.7 Å². The fourth-order valence-electron chi connectivity index (χ4n) is 1.57. The fraction of sp³-hybridized carbons (Fsp3) is 0.273. The van der Waals surface area contributed by atoms with Gasteiger partial charge in [0.2, 0.25) is 0 Å². The third-order valence-corrected chi connectivity index (χ3v) is 2.06. The molecular weight excluding hydrogens is 222 g/mol. The Hall–Kier alpha value is -2.24. The summed E-state index contributed by atoms with van der Waals surface area (Å²) in [5, 5.41) is 9.96. The van der Waals surface area contributed by atoms with Crippen molar-refractivity contribution in [3.63, 3.8) is 0 Å². The molecule has 0 heterocycles. The molecule has 0 fully saturated rings. The molecule has 1 aromatic carbocycles. The second kappa shape index (κ2) is 5.20. The van der Waals surface area contributed by atoms with E-state index < -0.39 is 12.0 Å². The molecule has 0 unspecified atom stereocenters. The lowest BCUT2D eigenvalue weighted by Gasteiger charge is -2.23. The SMILES string of the molecule is Cc1cc(C)cc(N(CC(=O)O)NC(N)=O)c1. The van der Waals surface area contributed by atoms with Gasteiger partial charge >= 0.3 is 12.0 Å². The number of rotatable bonds is 4. The number of amides is 2. The number of aliphatic carboxylic acids is 1. The lowest BCUT2D eigenvalue weighted by Crippen LogP contribution is -2.47. The Kier molecular flexibility index (Phi) is 3.92. The van der Waals surface area contributed by atoms with E-state index >= 15 is 0 Å². The number of aryl methyl sites for hydroxylation is 2. The van der Waals surface area contributed by atoms with Crippen molar-refractivity contribution in [3.05, 3.63) is 29.3 Å². The monoisotopic (exact) mass is 237 g/mol. The van der Waals surface area contributed by atoms with E-state index in [1.807, 2.05) is 19.9 Å². The van der Waals surface area contributed by atoms with Crippen LogP contribution in [0, 0.1) is 13.8 Å². The van der Waals surface area contributed by atoms with Crippen molar-refractivity contribution in [3.8, 4) is 0 Å². The van der Waals surface area contributed by atoms with E-state index in [-0.39, 0.29) is 6.54 Å². The maximum Gasteiger partial charge on any atom is 0.330 e. The molecule has 0 radical (unpaired) electrons. The molecule has 2 amide bonds. The molecule has 0 aliphatic rings. The lowest BCUT2D eigenvalue weighted by molar-refractivity contribution is -0.135. The molecule has 0 aliphatic carbocycles. The third-order valence-electron chi connectivity index (χ3n) is 2.06. The van der Waals surface area contributed by atoms with Gasteiger partial charge in [-0.15, -0.1) is 0 Å². The summed E-state index contributed by atoms with van der Waals surface area (Å²) in [7, 11) is 0. The molecule has 0 aromatic heterocycles. The van der Waals surface area contributed by atoms with Crippen LogP contribution in [0.5, 0.6) is 0 Å². The highest BCUT2D eigenvalue weighted by molar-refractivity contribution is 5.78. The van der Waals surface area contributed by atoms with Crippen LogP contribution in [-0.4, -0.2) is 23.7 Å². The van der Waals surface area contributed by atoms with Crippen molar-refractivity contribution in [1.29, 1.82) is 0 Å². The number of hydrogen-bond acceptors (Lipinski definition) is 3. The smallest absolute Gasteiger partial charge is 0.330 e. The molecule has 6 nitrogen and oxygen atoms in total. The average Bonchev–Trinajstić information content (AvgIpc) is 2.13. The van der Waals surface area contributed by atoms with Gasteiger partial charge in [-0.1, -0.05) is 6.07 Å². The number of hydrogen-bond donors (Lipinski definition) is 3. The molecule has 0 saturated carbocycles. The van der Waals surface area contributed by atoms with Crippen LogP contribution in [0.3, 0.4) is 0 Å². The second-order valence-corrected chi connectivity index (χ2v) is 3.80. The van der Waals surface area contributed by atoms with Crippen molar-refractivity contribution < 1.29 is 14.7 Å². The first-order chi connectivity index (χ1) is 7.88. The summed E-state index contributed by atoms with van der Waals surface area (Å²) in [6, 6.07) is 4.69. The maximum atomic E-state index is 10.8. The van der Waals surface area contributed by atoms with Crippen LogP contribution in [0.4, 0.5) is 10.5 Å². The number of urea groups is 1. The first-order valence-electron chi connectivity index (χ1n) is 5.02. The van der Waals surface area contributed by atoms with Gasteiger partial charge in [0.1, 0.15) is 6.54 Å². The number of carbonyl (C=O) groups is 2. The molecule has 1 rings (SSSR count). The highest BCUT2D eigenvalue weighted by Crippen LogP contribution is 2.17. The predicted octanol–water partition coefficient (Wildman–Crippen LogP) is 0.778. The molecule has 6 heteroatoms. The molecule has 92 valence electrons. The Morgan fingerprint density at radius 2 is 1.82 bits per heavy atom. The highest BCUT2D eigenvalue weighted by Gasteiger charge is 2.12. The minimum atomic E-state index is -1.06. The van der Waals surface area contributed by atoms with Crippen molar-refractivity contribution in [1.82, 2.24) is 5.43 Å². The number of carboxylic acid groups (broad SMARTS) is 1. The number of carboxylic acids is 1. The van der Waals surface area contributed by atoms with Gasteiger partial charge in [0.15, 0.2) is 0 Å². The summed E-state index contributed by atoms with van der Waals surface area (Å²) >= 11 is 0. The number of carbonyl (C=O) groups excluding carboxylic acids is 1. The van der Waals surface area contributed by atoms with Crippen LogP contribution in [0.1, 0.15) is 11.1 Å². The fourth-order valence-corrected chi connectivity index (χ4v) is 1.57. The lowest BCUT2D eigenvalue weighted by atomic mass is 10.1. The zero-order valence-electron chi connectivity index (χ0n) is 9.73. The normalized spacial score (nSPS) is 9.76.